The Morgan fingerprint density at radius 1 is 1.22 bits per heavy atom. The molecule has 0 aliphatic rings. The van der Waals surface area contributed by atoms with Gasteiger partial charge in [-0.1, -0.05) is 41.9 Å². The van der Waals surface area contributed by atoms with E-state index in [1.165, 1.54) is 29.5 Å². The van der Waals surface area contributed by atoms with Crippen LogP contribution in [0.5, 0.6) is 0 Å². The first-order valence-electron chi connectivity index (χ1n) is 7.74. The van der Waals surface area contributed by atoms with Crippen molar-refractivity contribution in [2.45, 2.75) is 0 Å². The molecule has 0 aliphatic heterocycles. The number of aromatic nitrogens is 1. The van der Waals surface area contributed by atoms with Crippen LogP contribution in [0.1, 0.15) is 16.1 Å². The van der Waals surface area contributed by atoms with E-state index in [-0.39, 0.29) is 10.7 Å². The molecule has 0 fully saturated rings. The van der Waals surface area contributed by atoms with E-state index in [9.17, 15) is 9.59 Å². The summed E-state index contributed by atoms with van der Waals surface area (Å²) in [6.45, 7) is -0.464. The summed E-state index contributed by atoms with van der Waals surface area (Å²) >= 11 is 7.23. The van der Waals surface area contributed by atoms with Crippen LogP contribution in [0.2, 0.25) is 5.02 Å². The molecule has 0 aliphatic carbocycles. The molecule has 0 unspecified atom stereocenters. The zero-order valence-electron chi connectivity index (χ0n) is 13.8. The number of carbonyl (C=O) groups excluding carboxylic acids is 2. The van der Waals surface area contributed by atoms with Crippen molar-refractivity contribution in [1.29, 1.82) is 5.26 Å². The first-order valence-corrected chi connectivity index (χ1v) is 9.00. The number of nitrogens with one attached hydrogen (secondary N) is 1. The molecular weight excluding hydrogens is 386 g/mol. The van der Waals surface area contributed by atoms with Gasteiger partial charge in [-0.25, -0.2) is 9.78 Å². The van der Waals surface area contributed by atoms with E-state index in [4.69, 9.17) is 21.6 Å². The molecule has 0 radical (unpaired) electrons. The third-order valence-electron chi connectivity index (χ3n) is 3.44. The summed E-state index contributed by atoms with van der Waals surface area (Å²) < 4.78 is 4.99. The lowest BCUT2D eigenvalue weighted by Crippen LogP contribution is -2.21. The average Bonchev–Trinajstić information content (AvgIpc) is 3.17. The number of benzene rings is 2. The van der Waals surface area contributed by atoms with Crippen LogP contribution >= 0.6 is 22.9 Å². The zero-order chi connectivity index (χ0) is 19.2. The van der Waals surface area contributed by atoms with E-state index in [0.29, 0.717) is 16.3 Å². The summed E-state index contributed by atoms with van der Waals surface area (Å²) in [5.74, 6) is -1.20. The third-order valence-corrected chi connectivity index (χ3v) is 4.65. The summed E-state index contributed by atoms with van der Waals surface area (Å²) in [7, 11) is 0. The number of thiazole rings is 1. The Morgan fingerprint density at radius 3 is 2.70 bits per heavy atom. The minimum Gasteiger partial charge on any atom is -0.451 e. The number of ether oxygens (including phenoxy) is 1. The lowest BCUT2D eigenvalue weighted by Gasteiger charge is -2.06. The van der Waals surface area contributed by atoms with Gasteiger partial charge in [-0.15, -0.1) is 11.3 Å². The van der Waals surface area contributed by atoms with Crippen LogP contribution in [-0.4, -0.2) is 23.5 Å². The fourth-order valence-corrected chi connectivity index (χ4v) is 3.18. The molecule has 0 saturated carbocycles. The number of nitrogens with zero attached hydrogens (tertiary/aromatic N) is 2. The fourth-order valence-electron chi connectivity index (χ4n) is 2.17. The molecule has 1 aromatic heterocycles. The first-order chi connectivity index (χ1) is 13.1. The molecule has 27 heavy (non-hydrogen) atoms. The highest BCUT2D eigenvalue weighted by molar-refractivity contribution is 7.13. The minimum absolute atomic E-state index is 0.146. The van der Waals surface area contributed by atoms with Gasteiger partial charge in [0.05, 0.1) is 10.6 Å². The summed E-state index contributed by atoms with van der Waals surface area (Å²) in [5, 5.41) is 13.9. The van der Waals surface area contributed by atoms with Crippen molar-refractivity contribution in [3.63, 3.8) is 0 Å². The maximum absolute atomic E-state index is 12.1. The Balaban J connectivity index is 1.56. The summed E-state index contributed by atoms with van der Waals surface area (Å²) in [5.41, 5.74) is 1.75. The Labute approximate surface area is 164 Å². The second-order valence-corrected chi connectivity index (χ2v) is 6.60. The molecule has 2 aromatic carbocycles. The quantitative estimate of drug-likeness (QED) is 0.653. The van der Waals surface area contributed by atoms with Crippen molar-refractivity contribution < 1.29 is 14.3 Å². The summed E-state index contributed by atoms with van der Waals surface area (Å²) in [6, 6.07) is 15.9. The Bertz CT molecular complexity index is 1030. The van der Waals surface area contributed by atoms with E-state index in [0.717, 1.165) is 5.56 Å². The molecular formula is C19H12ClN3O3S. The van der Waals surface area contributed by atoms with Crippen LogP contribution in [0.25, 0.3) is 10.6 Å². The van der Waals surface area contributed by atoms with E-state index in [2.05, 4.69) is 10.3 Å². The number of hydrogen-bond donors (Lipinski definition) is 1. The van der Waals surface area contributed by atoms with Gasteiger partial charge in [-0.2, -0.15) is 5.26 Å². The van der Waals surface area contributed by atoms with Crippen molar-refractivity contribution in [3.05, 3.63) is 70.2 Å². The standard InChI is InChI=1S/C19H12ClN3O3S/c20-15-8-14(7-6-13(15)9-21)22-17(24)10-26-19(25)16-11-27-18(23-16)12-4-2-1-3-5-12/h1-8,11H,10H2,(H,22,24). The van der Waals surface area contributed by atoms with Crippen LogP contribution in [0.4, 0.5) is 5.69 Å². The second-order valence-electron chi connectivity index (χ2n) is 5.33. The smallest absolute Gasteiger partial charge is 0.358 e. The van der Waals surface area contributed by atoms with Gasteiger partial charge < -0.3 is 10.1 Å². The zero-order valence-corrected chi connectivity index (χ0v) is 15.4. The predicted octanol–water partition coefficient (Wildman–Crippen LogP) is 4.13. The van der Waals surface area contributed by atoms with Crippen LogP contribution in [0, 0.1) is 11.3 Å². The van der Waals surface area contributed by atoms with Gasteiger partial charge in [0.2, 0.25) is 0 Å². The van der Waals surface area contributed by atoms with Gasteiger partial charge in [0.15, 0.2) is 12.3 Å². The number of hydrogen-bond acceptors (Lipinski definition) is 6. The van der Waals surface area contributed by atoms with Crippen LogP contribution in [0.15, 0.2) is 53.9 Å². The summed E-state index contributed by atoms with van der Waals surface area (Å²) in [4.78, 5) is 28.2. The van der Waals surface area contributed by atoms with Gasteiger partial charge >= 0.3 is 5.97 Å². The summed E-state index contributed by atoms with van der Waals surface area (Å²) in [6.07, 6.45) is 0. The number of rotatable bonds is 5. The normalized spacial score (nSPS) is 10.1. The Morgan fingerprint density at radius 2 is 2.00 bits per heavy atom. The number of amides is 1. The van der Waals surface area contributed by atoms with Crippen LogP contribution in [-0.2, 0) is 9.53 Å². The lowest BCUT2D eigenvalue weighted by atomic mass is 10.2. The van der Waals surface area contributed by atoms with E-state index < -0.39 is 18.5 Å². The molecule has 3 rings (SSSR count). The first kappa shape index (κ1) is 18.6. The Hall–Kier alpha value is -3.21. The molecule has 134 valence electrons. The van der Waals surface area contributed by atoms with E-state index in [1.54, 1.807) is 5.38 Å². The minimum atomic E-state index is -0.679. The number of halogens is 1. The molecule has 0 bridgehead atoms. The van der Waals surface area contributed by atoms with Crippen LogP contribution in [0.3, 0.4) is 0 Å². The van der Waals surface area contributed by atoms with Gasteiger partial charge in [0.25, 0.3) is 5.91 Å². The number of anilines is 1. The van der Waals surface area contributed by atoms with Crippen LogP contribution < -0.4 is 5.32 Å². The highest BCUT2D eigenvalue weighted by atomic mass is 35.5. The maximum atomic E-state index is 12.1. The van der Waals surface area contributed by atoms with Crippen molar-refractivity contribution in [3.8, 4) is 16.6 Å². The van der Waals surface area contributed by atoms with Gasteiger partial charge in [-0.3, -0.25) is 4.79 Å². The van der Waals surface area contributed by atoms with Crippen molar-refractivity contribution in [1.82, 2.24) is 4.98 Å². The lowest BCUT2D eigenvalue weighted by molar-refractivity contribution is -0.119. The molecule has 1 N–H and O–H groups in total. The monoisotopic (exact) mass is 397 g/mol. The average molecular weight is 398 g/mol. The highest BCUT2D eigenvalue weighted by Crippen LogP contribution is 2.23. The number of carbonyl (C=O) groups is 2. The molecule has 1 heterocycles. The van der Waals surface area contributed by atoms with E-state index >= 15 is 0 Å². The topological polar surface area (TPSA) is 92.1 Å². The van der Waals surface area contributed by atoms with E-state index in [1.807, 2.05) is 36.4 Å². The third kappa shape index (κ3) is 4.70. The highest BCUT2D eigenvalue weighted by Gasteiger charge is 2.15. The SMILES string of the molecule is N#Cc1ccc(NC(=O)COC(=O)c2csc(-c3ccccc3)n2)cc1Cl. The maximum Gasteiger partial charge on any atom is 0.358 e. The molecule has 1 amide bonds. The van der Waals surface area contributed by atoms with Gasteiger partial charge in [0, 0.05) is 16.6 Å². The second kappa shape index (κ2) is 8.45. The van der Waals surface area contributed by atoms with Gasteiger partial charge in [0.1, 0.15) is 11.1 Å². The van der Waals surface area contributed by atoms with Crippen molar-refractivity contribution in [2.75, 3.05) is 11.9 Å². The molecule has 8 heteroatoms. The Kier molecular flexibility index (Phi) is 5.81. The van der Waals surface area contributed by atoms with Crippen molar-refractivity contribution >= 4 is 40.5 Å². The molecule has 3 aromatic rings. The number of esters is 1. The van der Waals surface area contributed by atoms with Gasteiger partial charge in [-0.05, 0) is 18.2 Å². The molecule has 0 atom stereocenters. The molecule has 6 nitrogen and oxygen atoms in total. The van der Waals surface area contributed by atoms with Crippen molar-refractivity contribution in [2.24, 2.45) is 0 Å². The largest absolute Gasteiger partial charge is 0.451 e. The molecule has 0 saturated heterocycles. The molecule has 0 spiro atoms. The fraction of sp³-hybridized carbons (Fsp3) is 0.0526. The predicted molar refractivity (Wildman–Crippen MR) is 103 cm³/mol. The number of nitriles is 1.